The van der Waals surface area contributed by atoms with Gasteiger partial charge in [0.25, 0.3) is 5.91 Å². The zero-order valence-corrected chi connectivity index (χ0v) is 16.2. The van der Waals surface area contributed by atoms with Crippen LogP contribution in [0.2, 0.25) is 5.02 Å². The van der Waals surface area contributed by atoms with Gasteiger partial charge in [0.2, 0.25) is 0 Å². The monoisotopic (exact) mass is 384 g/mol. The summed E-state index contributed by atoms with van der Waals surface area (Å²) in [5.74, 6) is 1.24. The second-order valence-corrected chi connectivity index (χ2v) is 6.98. The van der Waals surface area contributed by atoms with E-state index in [0.29, 0.717) is 33.7 Å². The van der Waals surface area contributed by atoms with Crippen LogP contribution in [0.3, 0.4) is 0 Å². The Balaban J connectivity index is 1.72. The Bertz CT molecular complexity index is 933. The van der Waals surface area contributed by atoms with Crippen LogP contribution in [0.5, 0.6) is 5.75 Å². The number of hydrogen-bond acceptors (Lipinski definition) is 4. The molecule has 0 aliphatic heterocycles. The van der Waals surface area contributed by atoms with Crippen molar-refractivity contribution >= 4 is 23.2 Å². The van der Waals surface area contributed by atoms with Gasteiger partial charge < -0.3 is 14.6 Å². The molecule has 3 rings (SSSR count). The minimum atomic E-state index is -0.339. The van der Waals surface area contributed by atoms with Crippen molar-refractivity contribution in [2.45, 2.75) is 33.3 Å². The topological polar surface area (TPSA) is 64.4 Å². The van der Waals surface area contributed by atoms with Crippen molar-refractivity contribution in [1.29, 1.82) is 0 Å². The Morgan fingerprint density at radius 2 is 1.96 bits per heavy atom. The number of ether oxygens (including phenoxy) is 1. The van der Waals surface area contributed by atoms with E-state index in [0.717, 1.165) is 0 Å². The van der Waals surface area contributed by atoms with Gasteiger partial charge in [0.1, 0.15) is 18.1 Å². The van der Waals surface area contributed by atoms with E-state index >= 15 is 0 Å². The van der Waals surface area contributed by atoms with Gasteiger partial charge in [-0.15, -0.1) is 0 Å². The molecular formula is C21H21ClN2O3. The van der Waals surface area contributed by atoms with Crippen molar-refractivity contribution in [3.05, 3.63) is 76.1 Å². The summed E-state index contributed by atoms with van der Waals surface area (Å²) in [6.45, 7) is 6.15. The third kappa shape index (κ3) is 4.68. The van der Waals surface area contributed by atoms with E-state index in [9.17, 15) is 4.79 Å². The van der Waals surface area contributed by atoms with Gasteiger partial charge in [-0.2, -0.15) is 0 Å². The predicted octanol–water partition coefficient (Wildman–Crippen LogP) is 5.59. The minimum absolute atomic E-state index is 0.157. The van der Waals surface area contributed by atoms with Crippen LogP contribution >= 0.6 is 11.6 Å². The SMILES string of the molecule is Cc1onc(C(=O)Nc2ccc(C(C)C)cc2)c1COc1cccc(Cl)c1. The summed E-state index contributed by atoms with van der Waals surface area (Å²) >= 11 is 5.96. The summed E-state index contributed by atoms with van der Waals surface area (Å²) in [5.41, 5.74) is 2.72. The fourth-order valence-electron chi connectivity index (χ4n) is 2.59. The average molecular weight is 385 g/mol. The Kier molecular flexibility index (Phi) is 5.81. The van der Waals surface area contributed by atoms with Crippen molar-refractivity contribution in [3.63, 3.8) is 0 Å². The second-order valence-electron chi connectivity index (χ2n) is 6.54. The quantitative estimate of drug-likeness (QED) is 0.601. The molecule has 0 bridgehead atoms. The zero-order chi connectivity index (χ0) is 19.4. The number of halogens is 1. The highest BCUT2D eigenvalue weighted by Gasteiger charge is 2.20. The second kappa shape index (κ2) is 8.27. The predicted molar refractivity (Wildman–Crippen MR) is 106 cm³/mol. The molecule has 1 N–H and O–H groups in total. The number of carbonyl (C=O) groups is 1. The number of carbonyl (C=O) groups excluding carboxylic acids is 1. The number of amides is 1. The maximum absolute atomic E-state index is 12.6. The Labute approximate surface area is 163 Å². The summed E-state index contributed by atoms with van der Waals surface area (Å²) in [6, 6.07) is 14.8. The van der Waals surface area contributed by atoms with Gasteiger partial charge in [-0.3, -0.25) is 4.79 Å². The number of aromatic nitrogens is 1. The van der Waals surface area contributed by atoms with Gasteiger partial charge in [0.05, 0.1) is 5.56 Å². The summed E-state index contributed by atoms with van der Waals surface area (Å²) in [6.07, 6.45) is 0. The van der Waals surface area contributed by atoms with E-state index in [1.807, 2.05) is 24.3 Å². The highest BCUT2D eigenvalue weighted by atomic mass is 35.5. The van der Waals surface area contributed by atoms with Gasteiger partial charge in [0.15, 0.2) is 5.69 Å². The van der Waals surface area contributed by atoms with Crippen LogP contribution in [0.15, 0.2) is 53.1 Å². The molecule has 6 heteroatoms. The lowest BCUT2D eigenvalue weighted by atomic mass is 10.0. The largest absolute Gasteiger partial charge is 0.489 e. The Morgan fingerprint density at radius 1 is 1.22 bits per heavy atom. The van der Waals surface area contributed by atoms with E-state index in [1.165, 1.54) is 5.56 Å². The van der Waals surface area contributed by atoms with Gasteiger partial charge in [-0.1, -0.05) is 48.8 Å². The standard InChI is InChI=1S/C21H21ClN2O3/c1-13(2)15-7-9-17(10-8-15)23-21(25)20-19(14(3)27-24-20)12-26-18-6-4-5-16(22)11-18/h4-11,13H,12H2,1-3H3,(H,23,25). The van der Waals surface area contributed by atoms with Gasteiger partial charge in [-0.05, 0) is 48.7 Å². The third-order valence-corrected chi connectivity index (χ3v) is 4.45. The van der Waals surface area contributed by atoms with Crippen molar-refractivity contribution in [2.75, 3.05) is 5.32 Å². The number of aryl methyl sites for hydroxylation is 1. The smallest absolute Gasteiger partial charge is 0.278 e. The lowest BCUT2D eigenvalue weighted by Crippen LogP contribution is -2.15. The van der Waals surface area contributed by atoms with Crippen LogP contribution < -0.4 is 10.1 Å². The molecular weight excluding hydrogens is 364 g/mol. The van der Waals surface area contributed by atoms with E-state index < -0.39 is 0 Å². The molecule has 5 nitrogen and oxygen atoms in total. The summed E-state index contributed by atoms with van der Waals surface area (Å²) in [7, 11) is 0. The van der Waals surface area contributed by atoms with E-state index in [2.05, 4.69) is 24.3 Å². The first-order valence-electron chi connectivity index (χ1n) is 8.69. The number of benzene rings is 2. The van der Waals surface area contributed by atoms with Gasteiger partial charge in [0, 0.05) is 10.7 Å². The average Bonchev–Trinajstić information content (AvgIpc) is 3.01. The fourth-order valence-corrected chi connectivity index (χ4v) is 2.77. The number of anilines is 1. The molecule has 1 heterocycles. The zero-order valence-electron chi connectivity index (χ0n) is 15.5. The fraction of sp³-hybridized carbons (Fsp3) is 0.238. The summed E-state index contributed by atoms with van der Waals surface area (Å²) in [5, 5.41) is 7.32. The number of nitrogens with zero attached hydrogens (tertiary/aromatic N) is 1. The van der Waals surface area contributed by atoms with Crippen LogP contribution in [-0.4, -0.2) is 11.1 Å². The van der Waals surface area contributed by atoms with Gasteiger partial charge >= 0.3 is 0 Å². The highest BCUT2D eigenvalue weighted by molar-refractivity contribution is 6.30. The molecule has 1 amide bonds. The highest BCUT2D eigenvalue weighted by Crippen LogP contribution is 2.22. The molecule has 0 saturated carbocycles. The maximum atomic E-state index is 12.6. The number of hydrogen-bond donors (Lipinski definition) is 1. The first kappa shape index (κ1) is 19.0. The molecule has 27 heavy (non-hydrogen) atoms. The molecule has 2 aromatic carbocycles. The van der Waals surface area contributed by atoms with Crippen LogP contribution in [-0.2, 0) is 6.61 Å². The Morgan fingerprint density at radius 3 is 2.63 bits per heavy atom. The van der Waals surface area contributed by atoms with Crippen LogP contribution in [0.4, 0.5) is 5.69 Å². The molecule has 0 atom stereocenters. The van der Waals surface area contributed by atoms with Crippen molar-refractivity contribution in [3.8, 4) is 5.75 Å². The lowest BCUT2D eigenvalue weighted by Gasteiger charge is -2.09. The molecule has 0 fully saturated rings. The molecule has 3 aromatic rings. The molecule has 0 radical (unpaired) electrons. The van der Waals surface area contributed by atoms with E-state index in [1.54, 1.807) is 31.2 Å². The van der Waals surface area contributed by atoms with Crippen LogP contribution in [0.1, 0.15) is 47.1 Å². The summed E-state index contributed by atoms with van der Waals surface area (Å²) in [4.78, 5) is 12.6. The van der Waals surface area contributed by atoms with Crippen LogP contribution in [0, 0.1) is 6.92 Å². The minimum Gasteiger partial charge on any atom is -0.489 e. The first-order chi connectivity index (χ1) is 12.9. The van der Waals surface area contributed by atoms with Crippen LogP contribution in [0.25, 0.3) is 0 Å². The summed E-state index contributed by atoms with van der Waals surface area (Å²) < 4.78 is 10.9. The molecule has 1 aromatic heterocycles. The van der Waals surface area contributed by atoms with Crippen molar-refractivity contribution in [1.82, 2.24) is 5.16 Å². The van der Waals surface area contributed by atoms with E-state index in [4.69, 9.17) is 20.9 Å². The van der Waals surface area contributed by atoms with Crippen molar-refractivity contribution in [2.24, 2.45) is 0 Å². The van der Waals surface area contributed by atoms with E-state index in [-0.39, 0.29) is 18.2 Å². The van der Waals surface area contributed by atoms with Gasteiger partial charge in [-0.25, -0.2) is 0 Å². The van der Waals surface area contributed by atoms with Crippen molar-refractivity contribution < 1.29 is 14.1 Å². The molecule has 140 valence electrons. The first-order valence-corrected chi connectivity index (χ1v) is 9.06. The normalized spacial score (nSPS) is 10.9. The molecule has 0 spiro atoms. The molecule has 0 saturated heterocycles. The maximum Gasteiger partial charge on any atom is 0.278 e. The Hall–Kier alpha value is -2.79. The third-order valence-electron chi connectivity index (χ3n) is 4.21. The number of nitrogens with one attached hydrogen (secondary N) is 1. The molecule has 0 unspecified atom stereocenters. The lowest BCUT2D eigenvalue weighted by molar-refractivity contribution is 0.101. The molecule has 0 aliphatic rings. The number of rotatable bonds is 6. The molecule has 0 aliphatic carbocycles.